The molecule has 0 amide bonds. The molecule has 5 heteroatoms. The van der Waals surface area contributed by atoms with Gasteiger partial charge in [-0.15, -0.1) is 11.7 Å². The zero-order valence-corrected chi connectivity index (χ0v) is 27.2. The summed E-state index contributed by atoms with van der Waals surface area (Å²) >= 11 is 0. The first-order valence-electron chi connectivity index (χ1n) is 15.1. The van der Waals surface area contributed by atoms with E-state index in [0.717, 1.165) is 45.3 Å². The third-order valence-corrected chi connectivity index (χ3v) is 13.3. The maximum Gasteiger partial charge on any atom is 1.00 e. The molecule has 1 heterocycles. The molecule has 1 unspecified atom stereocenters. The minimum Gasteiger partial charge on any atom is -0.353 e. The van der Waals surface area contributed by atoms with Crippen LogP contribution in [-0.4, -0.2) is 19.5 Å². The van der Waals surface area contributed by atoms with E-state index in [1.165, 1.54) is 26.8 Å². The van der Waals surface area contributed by atoms with Crippen molar-refractivity contribution in [3.8, 4) is 0 Å². The van der Waals surface area contributed by atoms with Gasteiger partial charge in [0, 0.05) is 0 Å². The number of ether oxygens (including phenoxy) is 2. The molecule has 1 saturated heterocycles. The topological polar surface area (TPSA) is 18.5 Å². The predicted molar refractivity (Wildman–Crippen MR) is 180 cm³/mol. The summed E-state index contributed by atoms with van der Waals surface area (Å²) < 4.78 is 11.7. The fraction of sp³-hybridized carbons (Fsp3) is 0.263. The SMILES string of the molecule is CC(CCC1OCCCO1)CC1=[C-]CC(P(c2ccccc2)c2ccccc2)=C1P(c1ccccc1)c1ccccc1.[Li+]. The van der Waals surface area contributed by atoms with Gasteiger partial charge in [-0.2, -0.15) is 5.31 Å². The number of rotatable bonds is 11. The van der Waals surface area contributed by atoms with E-state index in [2.05, 4.69) is 134 Å². The van der Waals surface area contributed by atoms with Crippen molar-refractivity contribution in [2.24, 2.45) is 5.92 Å². The van der Waals surface area contributed by atoms with E-state index in [9.17, 15) is 0 Å². The Morgan fingerprint density at radius 1 is 0.674 bits per heavy atom. The summed E-state index contributed by atoms with van der Waals surface area (Å²) in [7, 11) is -1.45. The van der Waals surface area contributed by atoms with Crippen LogP contribution in [0.2, 0.25) is 0 Å². The standard InChI is InChI=1S/C38H39O2P2.Li/c1-30(23-26-37-39-27-14-28-40-37)29-31-24-25-36(41(32-15-6-2-7-16-32)33-17-8-3-9-18-33)38(31)42(34-19-10-4-11-20-34)35-21-12-5-13-22-35;/h2-13,15-22,30,37H,14,23,25-29H2,1H3;/q-1;+1. The number of hydrogen-bond donors (Lipinski definition) is 0. The maximum absolute atomic E-state index is 5.87. The molecule has 43 heavy (non-hydrogen) atoms. The Labute approximate surface area is 272 Å². The fourth-order valence-electron chi connectivity index (χ4n) is 5.90. The van der Waals surface area contributed by atoms with Crippen LogP contribution >= 0.6 is 15.8 Å². The number of allylic oxidation sites excluding steroid dienone is 4. The summed E-state index contributed by atoms with van der Waals surface area (Å²) in [6.45, 7) is 4.02. The molecule has 214 valence electrons. The van der Waals surface area contributed by atoms with Crippen LogP contribution in [0.25, 0.3) is 0 Å². The van der Waals surface area contributed by atoms with Crippen molar-refractivity contribution in [3.05, 3.63) is 144 Å². The van der Waals surface area contributed by atoms with E-state index < -0.39 is 15.8 Å². The third kappa shape index (κ3) is 8.07. The van der Waals surface area contributed by atoms with Gasteiger partial charge in [0.05, 0.1) is 13.2 Å². The van der Waals surface area contributed by atoms with E-state index in [1.54, 1.807) is 10.6 Å². The van der Waals surface area contributed by atoms with Gasteiger partial charge in [-0.05, 0) is 54.3 Å². The molecule has 0 bridgehead atoms. The summed E-state index contributed by atoms with van der Waals surface area (Å²) in [5.41, 5.74) is 1.42. The van der Waals surface area contributed by atoms with Crippen molar-refractivity contribution in [3.63, 3.8) is 0 Å². The van der Waals surface area contributed by atoms with Crippen LogP contribution in [0.5, 0.6) is 0 Å². The molecule has 2 aliphatic rings. The average Bonchev–Trinajstić information content (AvgIpc) is 3.45. The first-order valence-corrected chi connectivity index (χ1v) is 17.8. The third-order valence-electron chi connectivity index (χ3n) is 7.92. The second kappa shape index (κ2) is 16.2. The Hall–Kier alpha value is -2.26. The molecule has 1 aliphatic heterocycles. The molecule has 0 N–H and O–H groups in total. The minimum atomic E-state index is -0.749. The summed E-state index contributed by atoms with van der Waals surface area (Å²) in [6.07, 6.45) is 8.87. The van der Waals surface area contributed by atoms with E-state index in [1.807, 2.05) is 0 Å². The van der Waals surface area contributed by atoms with Gasteiger partial charge in [-0.1, -0.05) is 143 Å². The Balaban J connectivity index is 0.00000368. The van der Waals surface area contributed by atoms with Gasteiger partial charge in [0.15, 0.2) is 6.29 Å². The summed E-state index contributed by atoms with van der Waals surface area (Å²) in [6, 6.07) is 44.7. The first-order chi connectivity index (χ1) is 20.8. The van der Waals surface area contributed by atoms with Gasteiger partial charge < -0.3 is 9.47 Å². The molecule has 0 radical (unpaired) electrons. The molecule has 4 aromatic rings. The average molecular weight is 597 g/mol. The van der Waals surface area contributed by atoms with Gasteiger partial charge in [0.2, 0.25) is 0 Å². The summed E-state index contributed by atoms with van der Waals surface area (Å²) in [5.74, 6) is 0.513. The zero-order valence-electron chi connectivity index (χ0n) is 25.4. The van der Waals surface area contributed by atoms with Crippen LogP contribution in [0.4, 0.5) is 0 Å². The van der Waals surface area contributed by atoms with Crippen LogP contribution in [0.15, 0.2) is 138 Å². The van der Waals surface area contributed by atoms with Crippen molar-refractivity contribution in [1.29, 1.82) is 0 Å². The number of hydrogen-bond acceptors (Lipinski definition) is 2. The monoisotopic (exact) mass is 596 g/mol. The van der Waals surface area contributed by atoms with Crippen LogP contribution in [-0.2, 0) is 9.47 Å². The first kappa shape index (κ1) is 32.1. The van der Waals surface area contributed by atoms with E-state index in [-0.39, 0.29) is 25.2 Å². The molecule has 2 nitrogen and oxygen atoms in total. The van der Waals surface area contributed by atoms with Crippen LogP contribution in [0, 0.1) is 12.0 Å². The molecule has 1 atom stereocenters. The van der Waals surface area contributed by atoms with E-state index in [4.69, 9.17) is 9.47 Å². The second-order valence-corrected chi connectivity index (χ2v) is 15.4. The predicted octanol–water partition coefficient (Wildman–Crippen LogP) is 5.17. The molecular formula is C38H39LiO2P2. The van der Waals surface area contributed by atoms with Crippen LogP contribution in [0.1, 0.15) is 39.0 Å². The largest absolute Gasteiger partial charge is 1.00 e. The van der Waals surface area contributed by atoms with Gasteiger partial charge in [-0.3, -0.25) is 6.08 Å². The second-order valence-electron chi connectivity index (χ2n) is 11.1. The molecule has 0 saturated carbocycles. The molecular weight excluding hydrogens is 557 g/mol. The summed E-state index contributed by atoms with van der Waals surface area (Å²) in [5, 5.41) is 8.72. The molecule has 0 spiro atoms. The maximum atomic E-state index is 5.87. The van der Waals surface area contributed by atoms with Gasteiger partial charge in [0.1, 0.15) is 0 Å². The minimum absolute atomic E-state index is 0. The fourth-order valence-corrected chi connectivity index (χ4v) is 11.5. The molecule has 1 aliphatic carbocycles. The van der Waals surface area contributed by atoms with Crippen LogP contribution in [0.3, 0.4) is 0 Å². The quantitative estimate of drug-likeness (QED) is 0.135. The van der Waals surface area contributed by atoms with Crippen molar-refractivity contribution < 1.29 is 28.3 Å². The smallest absolute Gasteiger partial charge is 0.353 e. The van der Waals surface area contributed by atoms with Gasteiger partial charge in [-0.25, -0.2) is 5.57 Å². The molecule has 0 aromatic heterocycles. The normalized spacial score (nSPS) is 16.3. The Kier molecular flexibility index (Phi) is 12.1. The Morgan fingerprint density at radius 3 is 1.58 bits per heavy atom. The molecule has 4 aromatic carbocycles. The van der Waals surface area contributed by atoms with Crippen molar-refractivity contribution in [1.82, 2.24) is 0 Å². The van der Waals surface area contributed by atoms with Gasteiger partial charge in [0.25, 0.3) is 0 Å². The van der Waals surface area contributed by atoms with E-state index in [0.29, 0.717) is 5.92 Å². The van der Waals surface area contributed by atoms with Gasteiger partial charge >= 0.3 is 18.9 Å². The van der Waals surface area contributed by atoms with E-state index >= 15 is 0 Å². The zero-order chi connectivity index (χ0) is 28.6. The van der Waals surface area contributed by atoms with Crippen molar-refractivity contribution in [2.75, 3.05) is 13.2 Å². The van der Waals surface area contributed by atoms with Crippen LogP contribution < -0.4 is 40.1 Å². The molecule has 1 fully saturated rings. The van der Waals surface area contributed by atoms with Crippen molar-refractivity contribution >= 4 is 37.1 Å². The number of benzene rings is 4. The summed E-state index contributed by atoms with van der Waals surface area (Å²) in [4.78, 5) is 0. The Morgan fingerprint density at radius 2 is 1.12 bits per heavy atom. The van der Waals surface area contributed by atoms with Crippen molar-refractivity contribution in [2.45, 2.75) is 45.3 Å². The Bertz CT molecular complexity index is 1390. The molecule has 6 rings (SSSR count).